The number of hydrogen-bond donors (Lipinski definition) is 3. The van der Waals surface area contributed by atoms with Crippen molar-refractivity contribution in [3.8, 4) is 11.4 Å². The average molecular weight is 730 g/mol. The van der Waals surface area contributed by atoms with Crippen LogP contribution in [0.3, 0.4) is 0 Å². The number of benzene rings is 2. The maximum absolute atomic E-state index is 12.6. The van der Waals surface area contributed by atoms with Gasteiger partial charge in [-0.2, -0.15) is 5.10 Å². The van der Waals surface area contributed by atoms with Crippen molar-refractivity contribution >= 4 is 40.6 Å². The summed E-state index contributed by atoms with van der Waals surface area (Å²) in [6.07, 6.45) is 2.47. The molecule has 3 N–H and O–H groups in total. The van der Waals surface area contributed by atoms with E-state index in [1.54, 1.807) is 16.9 Å². The molecule has 0 saturated carbocycles. The minimum atomic E-state index is -1.14. The third kappa shape index (κ3) is 8.89. The summed E-state index contributed by atoms with van der Waals surface area (Å²) in [7, 11) is 0. The Morgan fingerprint density at radius 2 is 1.75 bits per heavy atom. The maximum Gasteiger partial charge on any atom is 0.329 e. The van der Waals surface area contributed by atoms with Crippen LogP contribution in [0.4, 0.5) is 17.1 Å². The van der Waals surface area contributed by atoms with E-state index in [2.05, 4.69) is 76.1 Å². The SMILES string of the molecule is CCC(C)(C)C(=O)OCCCN1c2cc(C)c(NC3C(C(C)(C)C)=Nn4nc(-c5ccc(NC(=O)COCC(=O)O)cc5)nc43)cc2C(C)CC1(C)C. The van der Waals surface area contributed by atoms with Crippen molar-refractivity contribution in [3.05, 3.63) is 53.3 Å². The van der Waals surface area contributed by atoms with Crippen LogP contribution in [0, 0.1) is 17.8 Å². The Kier molecular flexibility index (Phi) is 11.4. The van der Waals surface area contributed by atoms with Gasteiger partial charge in [0, 0.05) is 40.1 Å². The molecule has 3 heterocycles. The van der Waals surface area contributed by atoms with Crippen molar-refractivity contribution in [1.29, 1.82) is 0 Å². The number of carbonyl (C=O) groups is 3. The number of ether oxygens (including phenoxy) is 2. The first-order chi connectivity index (χ1) is 24.8. The molecule has 53 heavy (non-hydrogen) atoms. The third-order valence-electron chi connectivity index (χ3n) is 10.2. The van der Waals surface area contributed by atoms with E-state index < -0.39 is 23.9 Å². The Morgan fingerprint density at radius 1 is 1.06 bits per heavy atom. The topological polar surface area (TPSA) is 160 Å². The van der Waals surface area contributed by atoms with Crippen LogP contribution in [-0.2, 0) is 23.9 Å². The molecule has 0 radical (unpaired) electrons. The maximum atomic E-state index is 12.6. The van der Waals surface area contributed by atoms with Gasteiger partial charge in [-0.3, -0.25) is 9.59 Å². The second-order valence-corrected chi connectivity index (χ2v) is 16.5. The van der Waals surface area contributed by atoms with Crippen molar-refractivity contribution < 1.29 is 29.0 Å². The number of fused-ring (bicyclic) bond motifs is 2. The summed E-state index contributed by atoms with van der Waals surface area (Å²) in [6, 6.07) is 11.3. The van der Waals surface area contributed by atoms with Crippen molar-refractivity contribution in [2.75, 3.05) is 41.9 Å². The summed E-state index contributed by atoms with van der Waals surface area (Å²) in [6.45, 7) is 21.5. The normalized spacial score (nSPS) is 17.8. The van der Waals surface area contributed by atoms with Crippen LogP contribution in [-0.4, -0.2) is 75.4 Å². The van der Waals surface area contributed by atoms with Crippen LogP contribution in [0.5, 0.6) is 0 Å². The molecule has 1 aromatic heterocycles. The highest BCUT2D eigenvalue weighted by atomic mass is 16.5. The first kappa shape index (κ1) is 39.4. The van der Waals surface area contributed by atoms with Gasteiger partial charge < -0.3 is 30.1 Å². The second kappa shape index (κ2) is 15.3. The average Bonchev–Trinajstić information content (AvgIpc) is 3.64. The molecule has 1 amide bonds. The number of esters is 1. The first-order valence-corrected chi connectivity index (χ1v) is 18.4. The highest BCUT2D eigenvalue weighted by Crippen LogP contribution is 2.46. The van der Waals surface area contributed by atoms with Crippen LogP contribution in [0.15, 0.2) is 41.5 Å². The van der Waals surface area contributed by atoms with E-state index in [1.807, 2.05) is 32.9 Å². The summed E-state index contributed by atoms with van der Waals surface area (Å²) < 4.78 is 10.5. The van der Waals surface area contributed by atoms with Gasteiger partial charge in [-0.15, -0.1) is 9.89 Å². The van der Waals surface area contributed by atoms with Gasteiger partial charge in [0.1, 0.15) is 19.3 Å². The molecule has 13 nitrogen and oxygen atoms in total. The number of carboxylic acid groups (broad SMARTS) is 1. The fraction of sp³-hybridized carbons (Fsp3) is 0.550. The Morgan fingerprint density at radius 3 is 2.40 bits per heavy atom. The van der Waals surface area contributed by atoms with Crippen molar-refractivity contribution in [3.63, 3.8) is 0 Å². The molecular weight excluding hydrogens is 674 g/mol. The minimum absolute atomic E-state index is 0.0645. The van der Waals surface area contributed by atoms with Gasteiger partial charge >= 0.3 is 11.9 Å². The molecule has 2 aromatic carbocycles. The van der Waals surface area contributed by atoms with E-state index in [0.29, 0.717) is 29.9 Å². The molecule has 286 valence electrons. The number of nitrogens with zero attached hydrogens (tertiary/aromatic N) is 5. The number of rotatable bonds is 14. The molecule has 3 aromatic rings. The summed E-state index contributed by atoms with van der Waals surface area (Å²) in [5.41, 5.74) is 6.02. The van der Waals surface area contributed by atoms with Crippen LogP contribution in [0.2, 0.25) is 0 Å². The summed E-state index contributed by atoms with van der Waals surface area (Å²) in [5, 5.41) is 24.9. The number of anilines is 3. The number of aliphatic carboxylic acids is 1. The van der Waals surface area contributed by atoms with E-state index in [-0.39, 0.29) is 29.6 Å². The summed E-state index contributed by atoms with van der Waals surface area (Å²) in [5.74, 6) is -0.209. The number of aromatic nitrogens is 3. The number of carboxylic acids is 1. The molecule has 2 atom stereocenters. The predicted octanol–water partition coefficient (Wildman–Crippen LogP) is 7.17. The standard InChI is InChI=1S/C40H55N7O6/c1-11-39(7,8)37(51)53-18-12-17-46-30-19-24(2)29(20-28(30)25(3)21-40(46,9)10)42-33-34(38(4,5)6)44-47-36(33)43-35(45-47)26-13-15-27(16-14-26)41-31(48)22-52-23-32(49)50/h13-16,19-20,25,33,42H,11-12,17-18,21-23H2,1-10H3,(H,41,48)(H,49,50). The van der Waals surface area contributed by atoms with Crippen LogP contribution >= 0.6 is 0 Å². The van der Waals surface area contributed by atoms with E-state index in [9.17, 15) is 14.4 Å². The van der Waals surface area contributed by atoms with E-state index in [1.165, 1.54) is 11.3 Å². The molecule has 2 unspecified atom stereocenters. The van der Waals surface area contributed by atoms with Gasteiger partial charge in [-0.25, -0.2) is 9.78 Å². The van der Waals surface area contributed by atoms with Crippen LogP contribution < -0.4 is 15.5 Å². The second-order valence-electron chi connectivity index (χ2n) is 16.5. The molecule has 0 fully saturated rings. The lowest BCUT2D eigenvalue weighted by Crippen LogP contribution is -2.49. The number of amides is 1. The van der Waals surface area contributed by atoms with Gasteiger partial charge in [0.25, 0.3) is 0 Å². The van der Waals surface area contributed by atoms with Gasteiger partial charge in [0.2, 0.25) is 5.91 Å². The van der Waals surface area contributed by atoms with Gasteiger partial charge in [-0.05, 0) is 107 Å². The first-order valence-electron chi connectivity index (χ1n) is 18.4. The Bertz CT molecular complexity index is 1870. The monoisotopic (exact) mass is 729 g/mol. The third-order valence-corrected chi connectivity index (χ3v) is 10.2. The lowest BCUT2D eigenvalue weighted by Gasteiger charge is -2.48. The molecule has 2 aliphatic heterocycles. The zero-order valence-electron chi connectivity index (χ0n) is 32.8. The fourth-order valence-electron chi connectivity index (χ4n) is 6.92. The highest BCUT2D eigenvalue weighted by Gasteiger charge is 2.40. The zero-order valence-corrected chi connectivity index (χ0v) is 32.8. The summed E-state index contributed by atoms with van der Waals surface area (Å²) >= 11 is 0. The molecular formula is C40H55N7O6. The number of carbonyl (C=O) groups excluding carboxylic acids is 2. The summed E-state index contributed by atoms with van der Waals surface area (Å²) in [4.78, 5) is 44.4. The molecule has 0 bridgehead atoms. The Balaban J connectivity index is 1.35. The molecule has 13 heteroatoms. The molecule has 0 spiro atoms. The van der Waals surface area contributed by atoms with Crippen molar-refractivity contribution in [2.45, 2.75) is 106 Å². The van der Waals surface area contributed by atoms with Crippen molar-refractivity contribution in [2.24, 2.45) is 15.9 Å². The lowest BCUT2D eigenvalue weighted by molar-refractivity contribution is -0.154. The van der Waals surface area contributed by atoms with Crippen molar-refractivity contribution in [1.82, 2.24) is 14.9 Å². The van der Waals surface area contributed by atoms with E-state index in [4.69, 9.17) is 29.8 Å². The highest BCUT2D eigenvalue weighted by molar-refractivity contribution is 5.98. The molecule has 2 aliphatic rings. The van der Waals surface area contributed by atoms with Crippen LogP contribution in [0.25, 0.3) is 11.4 Å². The van der Waals surface area contributed by atoms with Gasteiger partial charge in [0.15, 0.2) is 11.6 Å². The van der Waals surface area contributed by atoms with Crippen LogP contribution in [0.1, 0.15) is 110 Å². The molecule has 0 saturated heterocycles. The quantitative estimate of drug-likeness (QED) is 0.115. The smallest absolute Gasteiger partial charge is 0.329 e. The van der Waals surface area contributed by atoms with E-state index >= 15 is 0 Å². The number of aryl methyl sites for hydroxylation is 1. The van der Waals surface area contributed by atoms with E-state index in [0.717, 1.165) is 48.3 Å². The molecule has 5 rings (SSSR count). The Labute approximate surface area is 312 Å². The zero-order chi connectivity index (χ0) is 38.9. The number of nitrogens with one attached hydrogen (secondary N) is 2. The predicted molar refractivity (Wildman–Crippen MR) is 206 cm³/mol. The van der Waals surface area contributed by atoms with Gasteiger partial charge in [-0.1, -0.05) is 34.6 Å². The minimum Gasteiger partial charge on any atom is -0.480 e. The fourth-order valence-corrected chi connectivity index (χ4v) is 6.92. The largest absolute Gasteiger partial charge is 0.480 e. The number of hydrogen-bond acceptors (Lipinski definition) is 10. The molecule has 0 aliphatic carbocycles. The lowest BCUT2D eigenvalue weighted by atomic mass is 9.79. The van der Waals surface area contributed by atoms with Gasteiger partial charge in [0.05, 0.1) is 17.7 Å². The Hall–Kier alpha value is -4.78.